The molecule has 0 unspecified atom stereocenters. The molecule has 0 spiro atoms. The molecule has 0 radical (unpaired) electrons. The molecule has 0 aliphatic carbocycles. The zero-order chi connectivity index (χ0) is 17.3. The van der Waals surface area contributed by atoms with Gasteiger partial charge in [0.2, 0.25) is 0 Å². The number of ketones is 1. The minimum atomic E-state index is -1.85. The summed E-state index contributed by atoms with van der Waals surface area (Å²) < 4.78 is 5.03. The number of carboxylic acid groups (broad SMARTS) is 1. The Morgan fingerprint density at radius 1 is 1.22 bits per heavy atom. The van der Waals surface area contributed by atoms with Gasteiger partial charge in [0.25, 0.3) is 0 Å². The number of hydrogen-bond acceptors (Lipinski definition) is 5. The summed E-state index contributed by atoms with van der Waals surface area (Å²) in [6.45, 7) is 1.66. The molecule has 0 saturated heterocycles. The number of hydrogen-bond donors (Lipinski definition) is 3. The molecule has 1 aromatic rings. The minimum Gasteiger partial charge on any atom is -0.480 e. The number of Topliss-reactive ketones (excluding diaryl/α,β-unsaturated/α-hetero) is 1. The van der Waals surface area contributed by atoms with Crippen molar-refractivity contribution in [2.45, 2.75) is 38.3 Å². The third kappa shape index (κ3) is 6.07. The second kappa shape index (κ2) is 8.89. The molecule has 0 aliphatic rings. The van der Waals surface area contributed by atoms with E-state index in [9.17, 15) is 14.4 Å². The van der Waals surface area contributed by atoms with Crippen LogP contribution in [0.5, 0.6) is 0 Å². The molecule has 23 heavy (non-hydrogen) atoms. The van der Waals surface area contributed by atoms with Gasteiger partial charge in [-0.05, 0) is 31.7 Å². The van der Waals surface area contributed by atoms with E-state index < -0.39 is 23.4 Å². The molecule has 0 fully saturated rings. The first-order valence-corrected chi connectivity index (χ1v) is 7.34. The number of alkyl carbamates (subject to hydrolysis) is 1. The van der Waals surface area contributed by atoms with E-state index >= 15 is 0 Å². The number of ether oxygens (including phenoxy) is 1. The molecule has 1 rings (SSSR count). The largest absolute Gasteiger partial charge is 0.480 e. The van der Waals surface area contributed by atoms with Gasteiger partial charge in [0.15, 0.2) is 11.3 Å². The SMILES string of the molecule is CC(=O)[C@](N)(CCCCNC(=O)OCc1ccccc1)C(=O)O. The Morgan fingerprint density at radius 3 is 2.43 bits per heavy atom. The number of aliphatic carboxylic acids is 1. The van der Waals surface area contributed by atoms with Gasteiger partial charge in [0.1, 0.15) is 6.61 Å². The Kier molecular flexibility index (Phi) is 7.21. The molecular formula is C16H22N2O5. The fourth-order valence-electron chi connectivity index (χ4n) is 1.93. The Hall–Kier alpha value is -2.41. The average Bonchev–Trinajstić information content (AvgIpc) is 2.53. The summed E-state index contributed by atoms with van der Waals surface area (Å²) in [7, 11) is 0. The number of carboxylic acids is 1. The van der Waals surface area contributed by atoms with Gasteiger partial charge in [-0.15, -0.1) is 0 Å². The van der Waals surface area contributed by atoms with Gasteiger partial charge in [-0.1, -0.05) is 30.3 Å². The Balaban J connectivity index is 2.20. The number of benzene rings is 1. The molecule has 126 valence electrons. The van der Waals surface area contributed by atoms with Crippen molar-refractivity contribution in [2.75, 3.05) is 6.54 Å². The minimum absolute atomic E-state index is 0.0262. The van der Waals surface area contributed by atoms with Crippen molar-refractivity contribution in [3.8, 4) is 0 Å². The molecule has 1 aromatic carbocycles. The molecule has 0 aliphatic heterocycles. The Labute approximate surface area is 134 Å². The van der Waals surface area contributed by atoms with Gasteiger partial charge in [0.05, 0.1) is 0 Å². The highest BCUT2D eigenvalue weighted by atomic mass is 16.5. The second-order valence-electron chi connectivity index (χ2n) is 5.28. The first-order valence-electron chi connectivity index (χ1n) is 7.34. The van der Waals surface area contributed by atoms with Crippen molar-refractivity contribution in [2.24, 2.45) is 5.73 Å². The van der Waals surface area contributed by atoms with Gasteiger partial charge >= 0.3 is 12.1 Å². The molecule has 4 N–H and O–H groups in total. The van der Waals surface area contributed by atoms with Crippen LogP contribution in [0.2, 0.25) is 0 Å². The monoisotopic (exact) mass is 322 g/mol. The third-order valence-electron chi connectivity index (χ3n) is 3.49. The molecule has 0 heterocycles. The van der Waals surface area contributed by atoms with E-state index in [0.29, 0.717) is 19.4 Å². The number of nitrogens with one attached hydrogen (secondary N) is 1. The van der Waals surface area contributed by atoms with Crippen LogP contribution in [0, 0.1) is 0 Å². The predicted molar refractivity (Wildman–Crippen MR) is 83.7 cm³/mol. The summed E-state index contributed by atoms with van der Waals surface area (Å²) in [4.78, 5) is 33.8. The lowest BCUT2D eigenvalue weighted by Crippen LogP contribution is -2.53. The van der Waals surface area contributed by atoms with E-state index in [4.69, 9.17) is 15.6 Å². The Bertz CT molecular complexity index is 531. The zero-order valence-electron chi connectivity index (χ0n) is 13.1. The van der Waals surface area contributed by atoms with Crippen LogP contribution in [0.3, 0.4) is 0 Å². The number of nitrogens with two attached hydrogens (primary N) is 1. The van der Waals surface area contributed by atoms with Crippen LogP contribution in [0.25, 0.3) is 0 Å². The highest BCUT2D eigenvalue weighted by molar-refractivity contribution is 6.06. The summed E-state index contributed by atoms with van der Waals surface area (Å²) in [6.07, 6.45) is 0.386. The summed E-state index contributed by atoms with van der Waals surface area (Å²) in [5, 5.41) is 11.6. The number of unbranched alkanes of at least 4 members (excludes halogenated alkanes) is 1. The number of amides is 1. The predicted octanol–water partition coefficient (Wildman–Crippen LogP) is 1.45. The number of carbonyl (C=O) groups excluding carboxylic acids is 2. The third-order valence-corrected chi connectivity index (χ3v) is 3.49. The van der Waals surface area contributed by atoms with Gasteiger partial charge < -0.3 is 20.9 Å². The van der Waals surface area contributed by atoms with Crippen molar-refractivity contribution >= 4 is 17.8 Å². The van der Waals surface area contributed by atoms with Crippen LogP contribution in [-0.2, 0) is 20.9 Å². The van der Waals surface area contributed by atoms with E-state index in [1.165, 1.54) is 0 Å². The molecule has 0 aromatic heterocycles. The first kappa shape index (κ1) is 18.6. The van der Waals surface area contributed by atoms with E-state index in [1.807, 2.05) is 30.3 Å². The lowest BCUT2D eigenvalue weighted by atomic mass is 9.90. The number of carbonyl (C=O) groups is 3. The molecule has 1 atom stereocenters. The summed E-state index contributed by atoms with van der Waals surface area (Å²) in [5.41, 5.74) is 4.61. The number of rotatable bonds is 9. The molecule has 0 bridgehead atoms. The van der Waals surface area contributed by atoms with Crippen molar-refractivity contribution in [3.63, 3.8) is 0 Å². The van der Waals surface area contributed by atoms with Crippen LogP contribution in [0.4, 0.5) is 4.79 Å². The highest BCUT2D eigenvalue weighted by Crippen LogP contribution is 2.13. The molecule has 7 heteroatoms. The summed E-state index contributed by atoms with van der Waals surface area (Å²) in [5.74, 6) is -1.92. The molecule has 7 nitrogen and oxygen atoms in total. The van der Waals surface area contributed by atoms with E-state index in [1.54, 1.807) is 0 Å². The fraction of sp³-hybridized carbons (Fsp3) is 0.438. The lowest BCUT2D eigenvalue weighted by molar-refractivity contribution is -0.148. The zero-order valence-corrected chi connectivity index (χ0v) is 13.1. The van der Waals surface area contributed by atoms with Crippen LogP contribution in [0.1, 0.15) is 31.7 Å². The maximum absolute atomic E-state index is 11.5. The maximum atomic E-state index is 11.5. The molecule has 1 amide bonds. The van der Waals surface area contributed by atoms with Crippen LogP contribution >= 0.6 is 0 Å². The van der Waals surface area contributed by atoms with Crippen LogP contribution in [0.15, 0.2) is 30.3 Å². The van der Waals surface area contributed by atoms with Crippen LogP contribution < -0.4 is 11.1 Å². The van der Waals surface area contributed by atoms with Crippen molar-refractivity contribution in [1.29, 1.82) is 0 Å². The van der Waals surface area contributed by atoms with Crippen LogP contribution in [-0.4, -0.2) is 35.0 Å². The van der Waals surface area contributed by atoms with Crippen molar-refractivity contribution in [3.05, 3.63) is 35.9 Å². The van der Waals surface area contributed by atoms with E-state index in [0.717, 1.165) is 12.5 Å². The fourth-order valence-corrected chi connectivity index (χ4v) is 1.93. The van der Waals surface area contributed by atoms with Gasteiger partial charge in [-0.2, -0.15) is 0 Å². The molecular weight excluding hydrogens is 300 g/mol. The topological polar surface area (TPSA) is 119 Å². The van der Waals surface area contributed by atoms with Gasteiger partial charge in [-0.25, -0.2) is 9.59 Å². The average molecular weight is 322 g/mol. The first-order chi connectivity index (χ1) is 10.9. The van der Waals surface area contributed by atoms with Crippen molar-refractivity contribution < 1.29 is 24.2 Å². The normalized spacial score (nSPS) is 13.0. The molecule has 0 saturated carbocycles. The highest BCUT2D eigenvalue weighted by Gasteiger charge is 2.38. The smallest absolute Gasteiger partial charge is 0.407 e. The lowest BCUT2D eigenvalue weighted by Gasteiger charge is -2.21. The summed E-state index contributed by atoms with van der Waals surface area (Å²) >= 11 is 0. The van der Waals surface area contributed by atoms with E-state index in [-0.39, 0.29) is 13.0 Å². The maximum Gasteiger partial charge on any atom is 0.407 e. The van der Waals surface area contributed by atoms with Crippen molar-refractivity contribution in [1.82, 2.24) is 5.32 Å². The second-order valence-corrected chi connectivity index (χ2v) is 5.28. The van der Waals surface area contributed by atoms with E-state index in [2.05, 4.69) is 5.32 Å². The van der Waals surface area contributed by atoms with Gasteiger partial charge in [-0.3, -0.25) is 4.79 Å². The quantitative estimate of drug-likeness (QED) is 0.468. The standard InChI is InChI=1S/C16H22N2O5/c1-12(19)16(17,14(20)21)9-5-6-10-18-15(22)23-11-13-7-3-2-4-8-13/h2-4,7-8H,5-6,9-11,17H2,1H3,(H,18,22)(H,20,21)/t16-/m1/s1. The Morgan fingerprint density at radius 2 is 1.87 bits per heavy atom. The summed E-state index contributed by atoms with van der Waals surface area (Å²) in [6, 6.07) is 9.28. The van der Waals surface area contributed by atoms with Gasteiger partial charge in [0, 0.05) is 6.54 Å².